The molecule has 0 radical (unpaired) electrons. The monoisotopic (exact) mass is 229 g/mol. The summed E-state index contributed by atoms with van der Waals surface area (Å²) in [7, 11) is 1.75. The van der Waals surface area contributed by atoms with Gasteiger partial charge in [0.15, 0.2) is 0 Å². The second-order valence-corrected chi connectivity index (χ2v) is 5.67. The Morgan fingerprint density at radius 2 is 2.00 bits per heavy atom. The molecule has 16 heavy (non-hydrogen) atoms. The van der Waals surface area contributed by atoms with E-state index >= 15 is 0 Å². The summed E-state index contributed by atoms with van der Waals surface area (Å²) in [5, 5.41) is 9.77. The quantitative estimate of drug-likeness (QED) is 0.690. The van der Waals surface area contributed by atoms with E-state index in [0.717, 1.165) is 32.0 Å². The van der Waals surface area contributed by atoms with Crippen LogP contribution in [0, 0.1) is 5.92 Å². The van der Waals surface area contributed by atoms with Crippen molar-refractivity contribution in [2.45, 2.75) is 51.7 Å². The highest BCUT2D eigenvalue weighted by molar-refractivity contribution is 4.86. The first kappa shape index (κ1) is 13.9. The molecule has 1 aliphatic rings. The van der Waals surface area contributed by atoms with Gasteiger partial charge in [-0.05, 0) is 46.0 Å². The Hall–Kier alpha value is -0.120. The summed E-state index contributed by atoms with van der Waals surface area (Å²) in [6, 6.07) is 0.637. The number of ether oxygens (including phenoxy) is 1. The van der Waals surface area contributed by atoms with E-state index in [4.69, 9.17) is 4.74 Å². The summed E-state index contributed by atoms with van der Waals surface area (Å²) in [5.41, 5.74) is -0.561. The van der Waals surface area contributed by atoms with E-state index in [1.54, 1.807) is 7.11 Å². The number of methoxy groups -OCH3 is 1. The van der Waals surface area contributed by atoms with Gasteiger partial charge >= 0.3 is 0 Å². The van der Waals surface area contributed by atoms with Crippen molar-refractivity contribution in [3.05, 3.63) is 0 Å². The van der Waals surface area contributed by atoms with E-state index in [0.29, 0.717) is 6.04 Å². The van der Waals surface area contributed by atoms with Crippen LogP contribution in [-0.4, -0.2) is 48.5 Å². The van der Waals surface area contributed by atoms with Gasteiger partial charge in [0.2, 0.25) is 0 Å². The number of aliphatic hydroxyl groups is 1. The molecule has 0 bridgehead atoms. The van der Waals surface area contributed by atoms with Gasteiger partial charge in [-0.2, -0.15) is 0 Å². The molecule has 0 aromatic rings. The van der Waals surface area contributed by atoms with Crippen LogP contribution in [0.15, 0.2) is 0 Å². The Kier molecular flexibility index (Phi) is 5.22. The highest BCUT2D eigenvalue weighted by Crippen LogP contribution is 2.35. The fraction of sp³-hybridized carbons (Fsp3) is 1.00. The standard InChI is InChI=1S/C13H27NO2/c1-11(12-5-6-12)14(9-10-16-4)8-7-13(2,3)15/h11-12,15H,5-10H2,1-4H3. The molecule has 1 rings (SSSR count). The number of hydrogen-bond acceptors (Lipinski definition) is 3. The molecule has 3 nitrogen and oxygen atoms in total. The first-order valence-corrected chi connectivity index (χ1v) is 6.39. The van der Waals surface area contributed by atoms with Crippen molar-refractivity contribution in [2.75, 3.05) is 26.8 Å². The number of rotatable bonds is 8. The molecular formula is C13H27NO2. The van der Waals surface area contributed by atoms with Gasteiger partial charge in [0, 0.05) is 26.2 Å². The van der Waals surface area contributed by atoms with Crippen molar-refractivity contribution >= 4 is 0 Å². The van der Waals surface area contributed by atoms with Gasteiger partial charge in [0.05, 0.1) is 12.2 Å². The van der Waals surface area contributed by atoms with Crippen molar-refractivity contribution in [3.63, 3.8) is 0 Å². The average molecular weight is 229 g/mol. The van der Waals surface area contributed by atoms with Crippen molar-refractivity contribution in [3.8, 4) is 0 Å². The highest BCUT2D eigenvalue weighted by atomic mass is 16.5. The lowest BCUT2D eigenvalue weighted by Gasteiger charge is -2.31. The Morgan fingerprint density at radius 1 is 1.38 bits per heavy atom. The first-order chi connectivity index (χ1) is 7.44. The molecule has 1 unspecified atom stereocenters. The molecule has 0 spiro atoms. The Morgan fingerprint density at radius 3 is 2.44 bits per heavy atom. The normalized spacial score (nSPS) is 19.1. The molecule has 0 aromatic carbocycles. The fourth-order valence-electron chi connectivity index (χ4n) is 2.02. The summed E-state index contributed by atoms with van der Waals surface area (Å²) in [5.74, 6) is 0.874. The maximum Gasteiger partial charge on any atom is 0.0603 e. The third kappa shape index (κ3) is 5.28. The smallest absolute Gasteiger partial charge is 0.0603 e. The third-order valence-electron chi connectivity index (χ3n) is 3.47. The maximum absolute atomic E-state index is 9.77. The van der Waals surface area contributed by atoms with E-state index in [1.807, 2.05) is 13.8 Å². The zero-order chi connectivity index (χ0) is 12.2. The highest BCUT2D eigenvalue weighted by Gasteiger charge is 2.32. The lowest BCUT2D eigenvalue weighted by atomic mass is 10.0. The number of hydrogen-bond donors (Lipinski definition) is 1. The largest absolute Gasteiger partial charge is 0.390 e. The molecule has 0 saturated heterocycles. The lowest BCUT2D eigenvalue weighted by molar-refractivity contribution is 0.0430. The molecule has 1 aliphatic carbocycles. The summed E-state index contributed by atoms with van der Waals surface area (Å²) in [4.78, 5) is 2.46. The molecule has 1 saturated carbocycles. The van der Waals surface area contributed by atoms with E-state index < -0.39 is 5.60 Å². The molecule has 1 fully saturated rings. The topological polar surface area (TPSA) is 32.7 Å². The summed E-state index contributed by atoms with van der Waals surface area (Å²) >= 11 is 0. The van der Waals surface area contributed by atoms with Gasteiger partial charge < -0.3 is 9.84 Å². The molecule has 96 valence electrons. The zero-order valence-corrected chi connectivity index (χ0v) is 11.2. The predicted octanol–water partition coefficient (Wildman–Crippen LogP) is 1.89. The second kappa shape index (κ2) is 5.99. The van der Waals surface area contributed by atoms with E-state index in [-0.39, 0.29) is 0 Å². The third-order valence-corrected chi connectivity index (χ3v) is 3.47. The first-order valence-electron chi connectivity index (χ1n) is 6.39. The van der Waals surface area contributed by atoms with E-state index in [1.165, 1.54) is 12.8 Å². The van der Waals surface area contributed by atoms with Crippen LogP contribution < -0.4 is 0 Å². The molecular weight excluding hydrogens is 202 g/mol. The predicted molar refractivity (Wildman–Crippen MR) is 66.5 cm³/mol. The van der Waals surface area contributed by atoms with E-state index in [9.17, 15) is 5.11 Å². The lowest BCUT2D eigenvalue weighted by Crippen LogP contribution is -2.40. The van der Waals surface area contributed by atoms with Crippen LogP contribution >= 0.6 is 0 Å². The molecule has 1 atom stereocenters. The van der Waals surface area contributed by atoms with Crippen LogP contribution in [0.25, 0.3) is 0 Å². The Labute approximate surface area is 99.8 Å². The Bertz CT molecular complexity index is 197. The minimum absolute atomic E-state index is 0.561. The van der Waals surface area contributed by atoms with Gasteiger partial charge in [0.25, 0.3) is 0 Å². The Balaban J connectivity index is 2.36. The van der Waals surface area contributed by atoms with Crippen LogP contribution in [0.4, 0.5) is 0 Å². The van der Waals surface area contributed by atoms with Gasteiger partial charge in [-0.1, -0.05) is 0 Å². The second-order valence-electron chi connectivity index (χ2n) is 5.67. The van der Waals surface area contributed by atoms with Crippen LogP contribution in [0.1, 0.15) is 40.0 Å². The van der Waals surface area contributed by atoms with Crippen LogP contribution in [0.5, 0.6) is 0 Å². The number of nitrogens with zero attached hydrogens (tertiary/aromatic N) is 1. The minimum Gasteiger partial charge on any atom is -0.390 e. The van der Waals surface area contributed by atoms with Gasteiger partial charge in [-0.3, -0.25) is 4.90 Å². The van der Waals surface area contributed by atoms with Crippen molar-refractivity contribution < 1.29 is 9.84 Å². The fourth-order valence-corrected chi connectivity index (χ4v) is 2.02. The van der Waals surface area contributed by atoms with Crippen LogP contribution in [0.3, 0.4) is 0 Å². The molecule has 1 N–H and O–H groups in total. The van der Waals surface area contributed by atoms with Gasteiger partial charge in [-0.15, -0.1) is 0 Å². The molecule has 0 aliphatic heterocycles. The zero-order valence-electron chi connectivity index (χ0n) is 11.2. The molecule has 3 heteroatoms. The van der Waals surface area contributed by atoms with Crippen molar-refractivity contribution in [2.24, 2.45) is 5.92 Å². The van der Waals surface area contributed by atoms with Crippen molar-refractivity contribution in [1.82, 2.24) is 4.90 Å². The molecule has 0 amide bonds. The molecule has 0 aromatic heterocycles. The maximum atomic E-state index is 9.77. The van der Waals surface area contributed by atoms with Crippen molar-refractivity contribution in [1.29, 1.82) is 0 Å². The minimum atomic E-state index is -0.561. The van der Waals surface area contributed by atoms with Crippen LogP contribution in [-0.2, 0) is 4.74 Å². The van der Waals surface area contributed by atoms with E-state index in [2.05, 4.69) is 11.8 Å². The summed E-state index contributed by atoms with van der Waals surface area (Å²) in [6.07, 6.45) is 3.56. The summed E-state index contributed by atoms with van der Waals surface area (Å²) < 4.78 is 5.15. The molecule has 0 heterocycles. The van der Waals surface area contributed by atoms with Gasteiger partial charge in [-0.25, -0.2) is 0 Å². The SMILES string of the molecule is COCCN(CCC(C)(C)O)C(C)C1CC1. The summed E-state index contributed by atoms with van der Waals surface area (Å²) in [6.45, 7) is 8.78. The average Bonchev–Trinajstić information content (AvgIpc) is 2.98. The van der Waals surface area contributed by atoms with Gasteiger partial charge in [0.1, 0.15) is 0 Å². The van der Waals surface area contributed by atoms with Crippen LogP contribution in [0.2, 0.25) is 0 Å².